The first-order valence-electron chi connectivity index (χ1n) is 10.0. The number of amides is 2. The largest absolute Gasteiger partial charge is 0.414 e. The molecule has 2 aromatic rings. The summed E-state index contributed by atoms with van der Waals surface area (Å²) in [6.45, 7) is 2.95. The number of nitrogens with zero attached hydrogens (tertiary/aromatic N) is 2. The molecule has 1 fully saturated rings. The van der Waals surface area contributed by atoms with Crippen molar-refractivity contribution in [2.24, 2.45) is 0 Å². The molecule has 0 atom stereocenters. The zero-order chi connectivity index (χ0) is 20.6. The molecule has 162 valence electrons. The van der Waals surface area contributed by atoms with Gasteiger partial charge in [0.15, 0.2) is 0 Å². The summed E-state index contributed by atoms with van der Waals surface area (Å²) in [5.74, 6) is 0.503. The summed E-state index contributed by atoms with van der Waals surface area (Å²) in [6, 6.07) is 17.8. The van der Waals surface area contributed by atoms with E-state index in [1.807, 2.05) is 18.2 Å². The third-order valence-corrected chi connectivity index (χ3v) is 5.06. The van der Waals surface area contributed by atoms with E-state index in [9.17, 15) is 9.59 Å². The zero-order valence-corrected chi connectivity index (χ0v) is 18.4. The van der Waals surface area contributed by atoms with E-state index in [2.05, 4.69) is 34.5 Å². The lowest BCUT2D eigenvalue weighted by molar-refractivity contribution is -0.121. The van der Waals surface area contributed by atoms with Gasteiger partial charge in [-0.3, -0.25) is 9.69 Å². The van der Waals surface area contributed by atoms with Crippen LogP contribution in [0.2, 0.25) is 0 Å². The fourth-order valence-electron chi connectivity index (χ4n) is 3.41. The molecule has 7 heteroatoms. The van der Waals surface area contributed by atoms with Gasteiger partial charge in [0.05, 0.1) is 6.42 Å². The van der Waals surface area contributed by atoms with Crippen molar-refractivity contribution in [2.45, 2.75) is 31.8 Å². The minimum absolute atomic E-state index is 0. The summed E-state index contributed by atoms with van der Waals surface area (Å²) in [4.78, 5) is 27.8. The number of carbonyl (C=O) groups excluding carboxylic acids is 2. The Labute approximate surface area is 184 Å². The second kappa shape index (κ2) is 11.6. The van der Waals surface area contributed by atoms with Gasteiger partial charge in [-0.25, -0.2) is 4.79 Å². The smallest absolute Gasteiger partial charge is 0.410 e. The van der Waals surface area contributed by atoms with Crippen LogP contribution in [-0.2, 0) is 17.8 Å². The molecule has 0 bridgehead atoms. The summed E-state index contributed by atoms with van der Waals surface area (Å²) in [7, 11) is 3.26. The average Bonchev–Trinajstić information content (AvgIpc) is 2.71. The first-order valence-corrected chi connectivity index (χ1v) is 10.0. The zero-order valence-electron chi connectivity index (χ0n) is 17.5. The van der Waals surface area contributed by atoms with Gasteiger partial charge in [0.1, 0.15) is 5.75 Å². The van der Waals surface area contributed by atoms with Crippen LogP contribution in [0.15, 0.2) is 54.6 Å². The molecule has 6 nitrogen and oxygen atoms in total. The molecule has 1 saturated heterocycles. The van der Waals surface area contributed by atoms with E-state index >= 15 is 0 Å². The average molecular weight is 432 g/mol. The summed E-state index contributed by atoms with van der Waals surface area (Å²) < 4.78 is 5.19. The molecule has 0 saturated carbocycles. The second-order valence-electron chi connectivity index (χ2n) is 7.69. The van der Waals surface area contributed by atoms with E-state index in [0.29, 0.717) is 12.2 Å². The molecule has 1 heterocycles. The molecule has 2 aromatic carbocycles. The molecule has 30 heavy (non-hydrogen) atoms. The Balaban J connectivity index is 0.00000320. The fourth-order valence-corrected chi connectivity index (χ4v) is 3.41. The van der Waals surface area contributed by atoms with Crippen LogP contribution in [-0.4, -0.2) is 55.0 Å². The van der Waals surface area contributed by atoms with Gasteiger partial charge in [-0.15, -0.1) is 12.4 Å². The number of hydrogen-bond donors (Lipinski definition) is 1. The van der Waals surface area contributed by atoms with Crippen LogP contribution in [0.4, 0.5) is 4.79 Å². The minimum atomic E-state index is -0.422. The molecule has 0 unspecified atom stereocenters. The molecule has 0 radical (unpaired) electrons. The maximum Gasteiger partial charge on any atom is 0.414 e. The molecule has 1 aliphatic heterocycles. The van der Waals surface area contributed by atoms with Crippen molar-refractivity contribution in [3.63, 3.8) is 0 Å². The van der Waals surface area contributed by atoms with Crippen molar-refractivity contribution in [3.8, 4) is 5.75 Å². The van der Waals surface area contributed by atoms with Gasteiger partial charge in [-0.1, -0.05) is 42.5 Å². The Bertz CT molecular complexity index is 804. The second-order valence-corrected chi connectivity index (χ2v) is 7.69. The van der Waals surface area contributed by atoms with Gasteiger partial charge in [-0.2, -0.15) is 0 Å². The Morgan fingerprint density at radius 1 is 1.00 bits per heavy atom. The third-order valence-electron chi connectivity index (χ3n) is 5.06. The van der Waals surface area contributed by atoms with E-state index in [1.165, 1.54) is 10.5 Å². The minimum Gasteiger partial charge on any atom is -0.410 e. The number of rotatable bonds is 6. The van der Waals surface area contributed by atoms with Crippen LogP contribution in [0, 0.1) is 0 Å². The van der Waals surface area contributed by atoms with Crippen molar-refractivity contribution in [1.82, 2.24) is 15.1 Å². The van der Waals surface area contributed by atoms with Crippen LogP contribution in [0.1, 0.15) is 24.0 Å². The number of benzene rings is 2. The van der Waals surface area contributed by atoms with Crippen LogP contribution in [0.3, 0.4) is 0 Å². The molecule has 1 aliphatic rings. The van der Waals surface area contributed by atoms with Gasteiger partial charge in [-0.05, 0) is 36.1 Å². The van der Waals surface area contributed by atoms with E-state index in [-0.39, 0.29) is 24.4 Å². The number of hydrogen-bond acceptors (Lipinski definition) is 4. The Hall–Kier alpha value is -2.57. The summed E-state index contributed by atoms with van der Waals surface area (Å²) >= 11 is 0. The van der Waals surface area contributed by atoms with Gasteiger partial charge < -0.3 is 15.0 Å². The molecule has 3 rings (SSSR count). The van der Waals surface area contributed by atoms with Crippen molar-refractivity contribution >= 4 is 24.4 Å². The Morgan fingerprint density at radius 2 is 1.63 bits per heavy atom. The molecule has 1 N–H and O–H groups in total. The van der Waals surface area contributed by atoms with Crippen LogP contribution < -0.4 is 10.1 Å². The number of ether oxygens (including phenoxy) is 1. The van der Waals surface area contributed by atoms with Gasteiger partial charge in [0, 0.05) is 39.8 Å². The molecule has 2 amide bonds. The monoisotopic (exact) mass is 431 g/mol. The first kappa shape index (κ1) is 23.7. The highest BCUT2D eigenvalue weighted by Gasteiger charge is 2.20. The van der Waals surface area contributed by atoms with Crippen LogP contribution >= 0.6 is 12.4 Å². The van der Waals surface area contributed by atoms with E-state index in [0.717, 1.165) is 38.0 Å². The maximum absolute atomic E-state index is 12.4. The normalized spacial score (nSPS) is 14.5. The third kappa shape index (κ3) is 7.35. The highest BCUT2D eigenvalue weighted by molar-refractivity contribution is 5.85. The molecular weight excluding hydrogens is 402 g/mol. The predicted molar refractivity (Wildman–Crippen MR) is 120 cm³/mol. The Kier molecular flexibility index (Phi) is 9.15. The van der Waals surface area contributed by atoms with E-state index < -0.39 is 6.09 Å². The van der Waals surface area contributed by atoms with Gasteiger partial charge in [0.2, 0.25) is 5.91 Å². The lowest BCUT2D eigenvalue weighted by Crippen LogP contribution is -2.44. The van der Waals surface area contributed by atoms with Gasteiger partial charge in [0.25, 0.3) is 0 Å². The summed E-state index contributed by atoms with van der Waals surface area (Å²) in [5.41, 5.74) is 2.23. The highest BCUT2D eigenvalue weighted by atomic mass is 35.5. The SMILES string of the molecule is CN(C)C(=O)Oc1ccc(CC(=O)NC2CCN(Cc3ccccc3)CC2)cc1.Cl. The van der Waals surface area contributed by atoms with E-state index in [4.69, 9.17) is 4.74 Å². The first-order chi connectivity index (χ1) is 14.0. The predicted octanol–water partition coefficient (Wildman–Crippen LogP) is 3.49. The van der Waals surface area contributed by atoms with Gasteiger partial charge >= 0.3 is 6.09 Å². The molecule has 0 spiro atoms. The summed E-state index contributed by atoms with van der Waals surface area (Å²) in [6.07, 6.45) is 1.84. The van der Waals surface area contributed by atoms with Crippen molar-refractivity contribution in [2.75, 3.05) is 27.2 Å². The summed E-state index contributed by atoms with van der Waals surface area (Å²) in [5, 5.41) is 3.16. The van der Waals surface area contributed by atoms with Crippen molar-refractivity contribution in [3.05, 3.63) is 65.7 Å². The topological polar surface area (TPSA) is 61.9 Å². The number of piperidine rings is 1. The van der Waals surface area contributed by atoms with Crippen LogP contribution in [0.5, 0.6) is 5.75 Å². The number of likely N-dealkylation sites (tertiary alicyclic amines) is 1. The number of nitrogens with one attached hydrogen (secondary N) is 1. The maximum atomic E-state index is 12.4. The Morgan fingerprint density at radius 3 is 2.23 bits per heavy atom. The lowest BCUT2D eigenvalue weighted by atomic mass is 10.0. The van der Waals surface area contributed by atoms with E-state index in [1.54, 1.807) is 26.2 Å². The lowest BCUT2D eigenvalue weighted by Gasteiger charge is -2.32. The highest BCUT2D eigenvalue weighted by Crippen LogP contribution is 2.16. The van der Waals surface area contributed by atoms with Crippen molar-refractivity contribution in [1.29, 1.82) is 0 Å². The molecular formula is C23H30ClN3O3. The molecule has 0 aromatic heterocycles. The number of halogens is 1. The standard InChI is InChI=1S/C23H29N3O3.ClH/c1-25(2)23(28)29-21-10-8-18(9-11-21)16-22(27)24-20-12-14-26(15-13-20)17-19-6-4-3-5-7-19;/h3-11,20H,12-17H2,1-2H3,(H,24,27);1H. The quantitative estimate of drug-likeness (QED) is 0.760. The van der Waals surface area contributed by atoms with Crippen LogP contribution in [0.25, 0.3) is 0 Å². The fraction of sp³-hybridized carbons (Fsp3) is 0.391. The van der Waals surface area contributed by atoms with Crippen molar-refractivity contribution < 1.29 is 14.3 Å². The molecule has 0 aliphatic carbocycles. The number of carbonyl (C=O) groups is 2.